The Kier molecular flexibility index (Phi) is 6.77. The summed E-state index contributed by atoms with van der Waals surface area (Å²) in [6.07, 6.45) is 0.195. The summed E-state index contributed by atoms with van der Waals surface area (Å²) >= 11 is 0. The molecule has 0 heterocycles. The van der Waals surface area contributed by atoms with Crippen LogP contribution in [0.5, 0.6) is 11.5 Å². The maximum absolute atomic E-state index is 12.6. The molecular weight excluding hydrogens is 352 g/mol. The quantitative estimate of drug-likeness (QED) is 0.603. The molecule has 9 nitrogen and oxygen atoms in total. The molecule has 25 heavy (non-hydrogen) atoms. The van der Waals surface area contributed by atoms with Gasteiger partial charge in [-0.25, -0.2) is 18.4 Å². The van der Waals surface area contributed by atoms with E-state index < -0.39 is 32.8 Å². The number of ether oxygens (including phenoxy) is 2. The summed E-state index contributed by atoms with van der Waals surface area (Å²) in [5.41, 5.74) is -0.244. The standard InChI is InChI=1S/C15H22N2O7S/c1-8(2)7-9(15(19)20)17-14(18)12-10(23-3)5-6-11(13(12)24-4)25(16,21)22/h5-6,8-9H,7H2,1-4H3,(H,17,18)(H,19,20)(H2,16,21,22)/t9-/m1/s1. The third-order valence-electron chi connectivity index (χ3n) is 3.35. The Labute approximate surface area is 146 Å². The Bertz CT molecular complexity index is 759. The first-order valence-corrected chi connectivity index (χ1v) is 8.89. The maximum atomic E-state index is 12.6. The first-order chi connectivity index (χ1) is 11.5. The predicted molar refractivity (Wildman–Crippen MR) is 89.3 cm³/mol. The number of carbonyl (C=O) groups is 2. The number of aliphatic carboxylic acids is 1. The molecule has 0 bridgehead atoms. The lowest BCUT2D eigenvalue weighted by molar-refractivity contribution is -0.139. The van der Waals surface area contributed by atoms with Crippen LogP contribution in [0.3, 0.4) is 0 Å². The van der Waals surface area contributed by atoms with Gasteiger partial charge in [-0.05, 0) is 24.5 Å². The molecular formula is C15H22N2O7S. The van der Waals surface area contributed by atoms with E-state index in [1.54, 1.807) is 0 Å². The number of hydrogen-bond acceptors (Lipinski definition) is 6. The smallest absolute Gasteiger partial charge is 0.326 e. The van der Waals surface area contributed by atoms with Gasteiger partial charge >= 0.3 is 5.97 Å². The van der Waals surface area contributed by atoms with Crippen LogP contribution in [0.1, 0.15) is 30.6 Å². The van der Waals surface area contributed by atoms with E-state index in [2.05, 4.69) is 5.32 Å². The minimum Gasteiger partial charge on any atom is -0.496 e. The largest absolute Gasteiger partial charge is 0.496 e. The normalized spacial score (nSPS) is 12.6. The van der Waals surface area contributed by atoms with Crippen LogP contribution in [-0.4, -0.2) is 45.7 Å². The average molecular weight is 374 g/mol. The number of primary sulfonamides is 1. The van der Waals surface area contributed by atoms with Gasteiger partial charge in [-0.3, -0.25) is 4.79 Å². The van der Waals surface area contributed by atoms with Gasteiger partial charge in [0.1, 0.15) is 22.3 Å². The van der Waals surface area contributed by atoms with Crippen LogP contribution in [0.15, 0.2) is 17.0 Å². The van der Waals surface area contributed by atoms with Gasteiger partial charge in [0, 0.05) is 0 Å². The van der Waals surface area contributed by atoms with Crippen molar-refractivity contribution in [3.8, 4) is 11.5 Å². The van der Waals surface area contributed by atoms with Crippen molar-refractivity contribution < 1.29 is 32.6 Å². The minimum atomic E-state index is -4.17. The summed E-state index contributed by atoms with van der Waals surface area (Å²) in [6.45, 7) is 3.62. The number of methoxy groups -OCH3 is 2. The molecule has 0 aliphatic rings. The molecule has 0 saturated heterocycles. The molecule has 10 heteroatoms. The Hall–Kier alpha value is -2.33. The number of nitrogens with two attached hydrogens (primary N) is 1. The van der Waals surface area contributed by atoms with E-state index in [0.29, 0.717) is 0 Å². The van der Waals surface area contributed by atoms with Crippen molar-refractivity contribution in [3.63, 3.8) is 0 Å². The minimum absolute atomic E-state index is 0.0148. The molecule has 4 N–H and O–H groups in total. The van der Waals surface area contributed by atoms with Crippen LogP contribution in [-0.2, 0) is 14.8 Å². The SMILES string of the molecule is COc1ccc(S(N)(=O)=O)c(OC)c1C(=O)N[C@H](CC(C)C)C(=O)O. The van der Waals surface area contributed by atoms with Gasteiger partial charge in [0.2, 0.25) is 10.0 Å². The third kappa shape index (κ3) is 5.07. The zero-order chi connectivity index (χ0) is 19.4. The third-order valence-corrected chi connectivity index (χ3v) is 4.29. The summed E-state index contributed by atoms with van der Waals surface area (Å²) in [6, 6.07) is 1.24. The van der Waals surface area contributed by atoms with E-state index in [4.69, 9.17) is 14.6 Å². The highest BCUT2D eigenvalue weighted by molar-refractivity contribution is 7.89. The van der Waals surface area contributed by atoms with E-state index in [-0.39, 0.29) is 29.4 Å². The van der Waals surface area contributed by atoms with E-state index >= 15 is 0 Å². The van der Waals surface area contributed by atoms with Crippen molar-refractivity contribution in [2.24, 2.45) is 11.1 Å². The highest BCUT2D eigenvalue weighted by Crippen LogP contribution is 2.34. The second-order valence-electron chi connectivity index (χ2n) is 5.71. The number of carboxylic acid groups (broad SMARTS) is 1. The molecule has 0 fully saturated rings. The summed E-state index contributed by atoms with van der Waals surface area (Å²) in [5, 5.41) is 16.8. The predicted octanol–water partition coefficient (Wildman–Crippen LogP) is 0.580. The first kappa shape index (κ1) is 20.7. The fourth-order valence-corrected chi connectivity index (χ4v) is 2.98. The number of carbonyl (C=O) groups excluding carboxylic acids is 1. The van der Waals surface area contributed by atoms with Gasteiger partial charge in [0.05, 0.1) is 14.2 Å². The second kappa shape index (κ2) is 8.17. The molecule has 0 unspecified atom stereocenters. The number of amides is 1. The van der Waals surface area contributed by atoms with Gasteiger partial charge in [0.15, 0.2) is 5.75 Å². The molecule has 0 saturated carbocycles. The molecule has 0 aliphatic carbocycles. The molecule has 0 radical (unpaired) electrons. The lowest BCUT2D eigenvalue weighted by atomic mass is 10.0. The summed E-state index contributed by atoms with van der Waals surface area (Å²) < 4.78 is 33.5. The number of rotatable bonds is 8. The number of hydrogen-bond donors (Lipinski definition) is 3. The molecule has 1 rings (SSSR count). The van der Waals surface area contributed by atoms with Crippen molar-refractivity contribution in [3.05, 3.63) is 17.7 Å². The van der Waals surface area contributed by atoms with Crippen molar-refractivity contribution in [1.29, 1.82) is 0 Å². The van der Waals surface area contributed by atoms with E-state index in [1.807, 2.05) is 13.8 Å². The molecule has 0 aromatic heterocycles. The summed E-state index contributed by atoms with van der Waals surface area (Å²) in [4.78, 5) is 23.5. The lowest BCUT2D eigenvalue weighted by Gasteiger charge is -2.19. The monoisotopic (exact) mass is 374 g/mol. The average Bonchev–Trinajstić information content (AvgIpc) is 2.50. The topological polar surface area (TPSA) is 145 Å². The Balaban J connectivity index is 3.43. The van der Waals surface area contributed by atoms with Crippen LogP contribution in [0, 0.1) is 5.92 Å². The number of sulfonamides is 1. The van der Waals surface area contributed by atoms with E-state index in [9.17, 15) is 23.1 Å². The molecule has 0 aliphatic heterocycles. The number of carboxylic acids is 1. The van der Waals surface area contributed by atoms with Crippen molar-refractivity contribution in [1.82, 2.24) is 5.32 Å². The van der Waals surface area contributed by atoms with Crippen molar-refractivity contribution >= 4 is 21.9 Å². The molecule has 1 aromatic carbocycles. The number of benzene rings is 1. The first-order valence-electron chi connectivity index (χ1n) is 7.34. The summed E-state index contributed by atoms with van der Waals surface area (Å²) in [5.74, 6) is -2.32. The number of nitrogens with one attached hydrogen (secondary N) is 1. The van der Waals surface area contributed by atoms with Gasteiger partial charge < -0.3 is 19.9 Å². The van der Waals surface area contributed by atoms with Crippen LogP contribution in [0.25, 0.3) is 0 Å². The fraction of sp³-hybridized carbons (Fsp3) is 0.467. The van der Waals surface area contributed by atoms with Crippen molar-refractivity contribution in [2.45, 2.75) is 31.2 Å². The molecule has 1 amide bonds. The van der Waals surface area contributed by atoms with Crippen LogP contribution >= 0.6 is 0 Å². The fourth-order valence-electron chi connectivity index (χ4n) is 2.28. The van der Waals surface area contributed by atoms with Gasteiger partial charge in [-0.1, -0.05) is 13.8 Å². The molecule has 1 aromatic rings. The molecule has 140 valence electrons. The zero-order valence-electron chi connectivity index (χ0n) is 14.4. The Morgan fingerprint density at radius 1 is 1.24 bits per heavy atom. The Morgan fingerprint density at radius 3 is 2.24 bits per heavy atom. The lowest BCUT2D eigenvalue weighted by Crippen LogP contribution is -2.42. The Morgan fingerprint density at radius 2 is 1.84 bits per heavy atom. The van der Waals surface area contributed by atoms with Gasteiger partial charge in [-0.2, -0.15) is 0 Å². The van der Waals surface area contributed by atoms with E-state index in [1.165, 1.54) is 20.3 Å². The highest BCUT2D eigenvalue weighted by atomic mass is 32.2. The maximum Gasteiger partial charge on any atom is 0.326 e. The highest BCUT2D eigenvalue weighted by Gasteiger charge is 2.29. The van der Waals surface area contributed by atoms with Crippen LogP contribution in [0.4, 0.5) is 0 Å². The van der Waals surface area contributed by atoms with Crippen LogP contribution < -0.4 is 19.9 Å². The molecule has 1 atom stereocenters. The summed E-state index contributed by atoms with van der Waals surface area (Å²) in [7, 11) is -1.71. The second-order valence-corrected chi connectivity index (χ2v) is 7.24. The zero-order valence-corrected chi connectivity index (χ0v) is 15.2. The van der Waals surface area contributed by atoms with E-state index in [0.717, 1.165) is 6.07 Å². The van der Waals surface area contributed by atoms with Gasteiger partial charge in [-0.15, -0.1) is 0 Å². The molecule has 0 spiro atoms. The van der Waals surface area contributed by atoms with Crippen LogP contribution in [0.2, 0.25) is 0 Å². The van der Waals surface area contributed by atoms with Gasteiger partial charge in [0.25, 0.3) is 5.91 Å². The van der Waals surface area contributed by atoms with Crippen molar-refractivity contribution in [2.75, 3.05) is 14.2 Å².